The molecule has 0 unspecified atom stereocenters. The number of benzene rings is 2. The minimum absolute atomic E-state index is 0.0283. The lowest BCUT2D eigenvalue weighted by atomic mass is 10.1. The molecule has 2 aromatic rings. The Labute approximate surface area is 129 Å². The number of amidine groups is 1. The van der Waals surface area contributed by atoms with Crippen molar-refractivity contribution in [2.75, 3.05) is 5.32 Å². The maximum Gasteiger partial charge on any atom is 0.255 e. The number of anilines is 1. The normalized spacial score (nSPS) is 11.2. The van der Waals surface area contributed by atoms with Gasteiger partial charge in [0.25, 0.3) is 5.91 Å². The summed E-state index contributed by atoms with van der Waals surface area (Å²) in [6, 6.07) is 14.0. The van der Waals surface area contributed by atoms with E-state index in [2.05, 4.69) is 33.1 Å². The summed E-state index contributed by atoms with van der Waals surface area (Å²) in [7, 11) is 0. The minimum atomic E-state index is -0.182. The highest BCUT2D eigenvalue weighted by molar-refractivity contribution is 14.1. The lowest BCUT2D eigenvalue weighted by molar-refractivity contribution is 0.102. The van der Waals surface area contributed by atoms with Gasteiger partial charge in [0.1, 0.15) is 0 Å². The van der Waals surface area contributed by atoms with Crippen LogP contribution in [0.1, 0.15) is 15.9 Å². The average molecular weight is 381 g/mol. The number of hydrogen-bond donors (Lipinski definition) is 3. The molecule has 0 saturated heterocycles. The fourth-order valence-electron chi connectivity index (χ4n) is 1.59. The maximum atomic E-state index is 12.0. The van der Waals surface area contributed by atoms with Crippen LogP contribution in [-0.2, 0) is 0 Å². The molecule has 2 aromatic carbocycles. The molecule has 5 nitrogen and oxygen atoms in total. The van der Waals surface area contributed by atoms with Gasteiger partial charge < -0.3 is 16.3 Å². The summed E-state index contributed by atoms with van der Waals surface area (Å²) < 4.78 is 1.07. The Morgan fingerprint density at radius 1 is 1.05 bits per heavy atom. The molecule has 20 heavy (non-hydrogen) atoms. The van der Waals surface area contributed by atoms with Crippen molar-refractivity contribution in [3.8, 4) is 0 Å². The smallest absolute Gasteiger partial charge is 0.255 e. The standard InChI is InChI=1S/C14H12IN3O2/c15-11-5-1-10(2-6-11)14(19)17-12-7-3-9(4-8-12)13(16)18-20/h1-8,20H,(H2,16,18)(H,17,19). The number of rotatable bonds is 3. The number of nitrogens with one attached hydrogen (secondary N) is 1. The lowest BCUT2D eigenvalue weighted by Gasteiger charge is -2.06. The second-order valence-electron chi connectivity index (χ2n) is 4.02. The SMILES string of the molecule is N/C(=N/O)c1ccc(NC(=O)c2ccc(I)cc2)cc1. The second kappa shape index (κ2) is 6.38. The summed E-state index contributed by atoms with van der Waals surface area (Å²) in [5.41, 5.74) is 7.28. The van der Waals surface area contributed by atoms with Gasteiger partial charge in [0.05, 0.1) is 0 Å². The Morgan fingerprint density at radius 2 is 1.60 bits per heavy atom. The van der Waals surface area contributed by atoms with Crippen LogP contribution in [0.2, 0.25) is 0 Å². The fraction of sp³-hybridized carbons (Fsp3) is 0. The third-order valence-corrected chi connectivity index (χ3v) is 3.37. The van der Waals surface area contributed by atoms with Gasteiger partial charge in [-0.25, -0.2) is 0 Å². The van der Waals surface area contributed by atoms with Crippen LogP contribution in [0.15, 0.2) is 53.7 Å². The van der Waals surface area contributed by atoms with Crippen molar-refractivity contribution >= 4 is 40.0 Å². The van der Waals surface area contributed by atoms with Crippen LogP contribution in [0.5, 0.6) is 0 Å². The van der Waals surface area contributed by atoms with Crippen molar-refractivity contribution in [3.63, 3.8) is 0 Å². The molecule has 0 aliphatic carbocycles. The predicted molar refractivity (Wildman–Crippen MR) is 86.1 cm³/mol. The molecule has 0 aliphatic heterocycles. The van der Waals surface area contributed by atoms with E-state index in [1.807, 2.05) is 12.1 Å². The van der Waals surface area contributed by atoms with E-state index in [4.69, 9.17) is 10.9 Å². The predicted octanol–water partition coefficient (Wildman–Crippen LogP) is 2.64. The van der Waals surface area contributed by atoms with Gasteiger partial charge in [0.2, 0.25) is 0 Å². The van der Waals surface area contributed by atoms with Gasteiger partial charge in [0, 0.05) is 20.4 Å². The molecule has 0 saturated carbocycles. The van der Waals surface area contributed by atoms with Gasteiger partial charge >= 0.3 is 0 Å². The van der Waals surface area contributed by atoms with Crippen molar-refractivity contribution in [2.45, 2.75) is 0 Å². The van der Waals surface area contributed by atoms with Crippen LogP contribution >= 0.6 is 22.6 Å². The molecule has 0 aromatic heterocycles. The van der Waals surface area contributed by atoms with E-state index in [0.717, 1.165) is 3.57 Å². The highest BCUT2D eigenvalue weighted by Gasteiger charge is 2.06. The van der Waals surface area contributed by atoms with Gasteiger partial charge in [-0.2, -0.15) is 0 Å². The molecular weight excluding hydrogens is 369 g/mol. The summed E-state index contributed by atoms with van der Waals surface area (Å²) in [5, 5.41) is 14.3. The van der Waals surface area contributed by atoms with E-state index in [9.17, 15) is 4.79 Å². The Morgan fingerprint density at radius 3 is 2.15 bits per heavy atom. The third-order valence-electron chi connectivity index (χ3n) is 2.65. The number of nitrogens with two attached hydrogens (primary N) is 1. The summed E-state index contributed by atoms with van der Waals surface area (Å²) in [6.45, 7) is 0. The number of halogens is 1. The van der Waals surface area contributed by atoms with Crippen LogP contribution in [0.4, 0.5) is 5.69 Å². The topological polar surface area (TPSA) is 87.7 Å². The second-order valence-corrected chi connectivity index (χ2v) is 5.27. The first-order valence-corrected chi connectivity index (χ1v) is 6.83. The van der Waals surface area contributed by atoms with Gasteiger partial charge in [-0.1, -0.05) is 5.16 Å². The minimum Gasteiger partial charge on any atom is -0.409 e. The first kappa shape index (κ1) is 14.3. The molecule has 6 heteroatoms. The first-order valence-electron chi connectivity index (χ1n) is 5.75. The molecule has 1 amide bonds. The molecule has 102 valence electrons. The van der Waals surface area contributed by atoms with E-state index in [-0.39, 0.29) is 11.7 Å². The highest BCUT2D eigenvalue weighted by atomic mass is 127. The zero-order chi connectivity index (χ0) is 14.5. The Hall–Kier alpha value is -2.09. The molecule has 0 aliphatic rings. The van der Waals surface area contributed by atoms with E-state index >= 15 is 0 Å². The number of oxime groups is 1. The summed E-state index contributed by atoms with van der Waals surface area (Å²) in [6.07, 6.45) is 0. The van der Waals surface area contributed by atoms with E-state index in [0.29, 0.717) is 16.8 Å². The van der Waals surface area contributed by atoms with Gasteiger partial charge in [-0.05, 0) is 71.1 Å². The molecule has 0 heterocycles. The summed E-state index contributed by atoms with van der Waals surface area (Å²) in [5.74, 6) is -0.154. The van der Waals surface area contributed by atoms with Crippen LogP contribution in [-0.4, -0.2) is 17.0 Å². The monoisotopic (exact) mass is 381 g/mol. The summed E-state index contributed by atoms with van der Waals surface area (Å²) >= 11 is 2.18. The highest BCUT2D eigenvalue weighted by Crippen LogP contribution is 2.12. The number of carbonyl (C=O) groups is 1. The van der Waals surface area contributed by atoms with Crippen LogP contribution in [0, 0.1) is 3.57 Å². The van der Waals surface area contributed by atoms with Crippen molar-refractivity contribution in [3.05, 3.63) is 63.2 Å². The van der Waals surface area contributed by atoms with Crippen molar-refractivity contribution in [1.82, 2.24) is 0 Å². The number of nitrogens with zero attached hydrogens (tertiary/aromatic N) is 1. The Balaban J connectivity index is 2.10. The molecule has 0 radical (unpaired) electrons. The zero-order valence-electron chi connectivity index (χ0n) is 10.4. The molecule has 0 fully saturated rings. The largest absolute Gasteiger partial charge is 0.409 e. The average Bonchev–Trinajstić information content (AvgIpc) is 2.48. The molecule has 0 atom stereocenters. The fourth-order valence-corrected chi connectivity index (χ4v) is 1.95. The molecule has 0 bridgehead atoms. The van der Waals surface area contributed by atoms with E-state index in [1.165, 1.54) is 0 Å². The molecule has 4 N–H and O–H groups in total. The Bertz CT molecular complexity index is 636. The van der Waals surface area contributed by atoms with Gasteiger partial charge in [0.15, 0.2) is 5.84 Å². The van der Waals surface area contributed by atoms with Crippen molar-refractivity contribution in [2.24, 2.45) is 10.9 Å². The molecular formula is C14H12IN3O2. The van der Waals surface area contributed by atoms with Crippen LogP contribution < -0.4 is 11.1 Å². The number of hydrogen-bond acceptors (Lipinski definition) is 3. The van der Waals surface area contributed by atoms with Crippen molar-refractivity contribution < 1.29 is 10.0 Å². The maximum absolute atomic E-state index is 12.0. The Kier molecular flexibility index (Phi) is 4.57. The van der Waals surface area contributed by atoms with E-state index in [1.54, 1.807) is 36.4 Å². The number of amides is 1. The van der Waals surface area contributed by atoms with Crippen LogP contribution in [0.3, 0.4) is 0 Å². The zero-order valence-corrected chi connectivity index (χ0v) is 12.5. The third kappa shape index (κ3) is 3.47. The van der Waals surface area contributed by atoms with Crippen LogP contribution in [0.25, 0.3) is 0 Å². The van der Waals surface area contributed by atoms with Gasteiger partial charge in [-0.3, -0.25) is 4.79 Å². The van der Waals surface area contributed by atoms with Crippen molar-refractivity contribution in [1.29, 1.82) is 0 Å². The summed E-state index contributed by atoms with van der Waals surface area (Å²) in [4.78, 5) is 12.0. The quantitative estimate of drug-likeness (QED) is 0.251. The first-order chi connectivity index (χ1) is 9.60. The molecule has 2 rings (SSSR count). The molecule has 0 spiro atoms. The van der Waals surface area contributed by atoms with E-state index < -0.39 is 0 Å². The lowest BCUT2D eigenvalue weighted by Crippen LogP contribution is -2.14. The van der Waals surface area contributed by atoms with Gasteiger partial charge in [-0.15, -0.1) is 0 Å². The number of carbonyl (C=O) groups excluding carboxylic acids is 1.